The Morgan fingerprint density at radius 1 is 1.02 bits per heavy atom. The molecule has 1 aliphatic carbocycles. The Bertz CT molecular complexity index is 1560. The van der Waals surface area contributed by atoms with Crippen molar-refractivity contribution in [2.75, 3.05) is 6.54 Å². The largest absolute Gasteiger partial charge is 0.508 e. The molecule has 0 spiro atoms. The number of halogens is 3. The van der Waals surface area contributed by atoms with Gasteiger partial charge in [-0.1, -0.05) is 17.7 Å². The number of pyridine rings is 1. The zero-order chi connectivity index (χ0) is 28.4. The maximum Gasteiger partial charge on any atom is 0.404 e. The van der Waals surface area contributed by atoms with Crippen LogP contribution in [0.5, 0.6) is 5.75 Å². The van der Waals surface area contributed by atoms with Crippen molar-refractivity contribution in [1.29, 1.82) is 0 Å². The summed E-state index contributed by atoms with van der Waals surface area (Å²) in [5.41, 5.74) is 2.22. The number of carboxylic acid groups (broad SMARTS) is 1. The Balaban J connectivity index is 1.49. The lowest BCUT2D eigenvalue weighted by molar-refractivity contribution is 0.0592. The summed E-state index contributed by atoms with van der Waals surface area (Å²) in [6, 6.07) is 10.6. The predicted molar refractivity (Wildman–Crippen MR) is 150 cm³/mol. The molecule has 2 aromatic heterocycles. The van der Waals surface area contributed by atoms with Crippen LogP contribution >= 0.6 is 22.9 Å². The smallest absolute Gasteiger partial charge is 0.404 e. The highest BCUT2D eigenvalue weighted by Gasteiger charge is 2.33. The van der Waals surface area contributed by atoms with Gasteiger partial charge in [-0.15, -0.1) is 11.3 Å². The SMILES string of the molecule is O=C(O)NCC1CCC(N(Cc2cc(-c3ccncc3)ccc2O)C(=O)c2sc3c(F)ccc(F)c3c2Cl)CC1. The molecule has 0 radical (unpaired) electrons. The molecule has 0 saturated heterocycles. The molecular formula is C29H26ClF2N3O4S. The van der Waals surface area contributed by atoms with Gasteiger partial charge in [0.1, 0.15) is 22.3 Å². The van der Waals surface area contributed by atoms with Crippen LogP contribution in [0.4, 0.5) is 13.6 Å². The Morgan fingerprint density at radius 2 is 1.73 bits per heavy atom. The summed E-state index contributed by atoms with van der Waals surface area (Å²) in [6.45, 7) is 0.368. The first kappa shape index (κ1) is 27.8. The molecule has 11 heteroatoms. The van der Waals surface area contributed by atoms with E-state index >= 15 is 0 Å². The Hall–Kier alpha value is -3.76. The van der Waals surface area contributed by atoms with E-state index in [1.165, 1.54) is 0 Å². The summed E-state index contributed by atoms with van der Waals surface area (Å²) in [6.07, 6.45) is 4.79. The predicted octanol–water partition coefficient (Wildman–Crippen LogP) is 7.07. The van der Waals surface area contributed by atoms with Crippen LogP contribution in [0, 0.1) is 17.6 Å². The molecule has 2 aromatic carbocycles. The van der Waals surface area contributed by atoms with Crippen LogP contribution in [0.3, 0.4) is 0 Å². The number of hydrogen-bond acceptors (Lipinski definition) is 5. The van der Waals surface area contributed by atoms with E-state index in [2.05, 4.69) is 10.3 Å². The number of aromatic nitrogens is 1. The van der Waals surface area contributed by atoms with Crippen LogP contribution in [0.15, 0.2) is 54.9 Å². The fourth-order valence-corrected chi connectivity index (χ4v) is 6.75. The molecule has 0 aliphatic heterocycles. The third kappa shape index (κ3) is 5.73. The lowest BCUT2D eigenvalue weighted by Gasteiger charge is -2.37. The van der Waals surface area contributed by atoms with Crippen molar-refractivity contribution in [3.63, 3.8) is 0 Å². The minimum absolute atomic E-state index is 0.00877. The quantitative estimate of drug-likeness (QED) is 0.215. The average Bonchev–Trinajstić information content (AvgIpc) is 3.32. The fourth-order valence-electron chi connectivity index (χ4n) is 5.24. The standard InChI is InChI=1S/C29H26ClF2N3O4S/c30-25-24-21(31)6-7-22(32)26(24)40-27(25)28(37)35(20-4-1-16(2-5-20)14-34-29(38)39)15-19-13-18(3-8-23(19)36)17-9-11-33-12-10-17/h3,6-13,16,20,34,36H,1-2,4-5,14-15H2,(H,38,39). The number of phenols is 1. The molecule has 1 saturated carbocycles. The molecular weight excluding hydrogens is 560 g/mol. The van der Waals surface area contributed by atoms with Gasteiger partial charge >= 0.3 is 6.09 Å². The second-order valence-electron chi connectivity index (χ2n) is 9.85. The van der Waals surface area contributed by atoms with Gasteiger partial charge in [0, 0.05) is 37.1 Å². The van der Waals surface area contributed by atoms with Gasteiger partial charge in [-0.3, -0.25) is 9.78 Å². The van der Waals surface area contributed by atoms with E-state index < -0.39 is 23.6 Å². The first-order valence-electron chi connectivity index (χ1n) is 12.8. The van der Waals surface area contributed by atoms with Crippen LogP contribution in [-0.2, 0) is 6.54 Å². The van der Waals surface area contributed by atoms with Crippen LogP contribution in [0.25, 0.3) is 21.2 Å². The van der Waals surface area contributed by atoms with Gasteiger partial charge in [0.05, 0.1) is 15.1 Å². The molecule has 1 aliphatic rings. The second-order valence-corrected chi connectivity index (χ2v) is 11.3. The maximum atomic E-state index is 14.6. The van der Waals surface area contributed by atoms with Crippen molar-refractivity contribution in [3.05, 3.63) is 82.0 Å². The molecule has 0 atom stereocenters. The molecule has 4 aromatic rings. The number of nitrogens with one attached hydrogen (secondary N) is 1. The highest BCUT2D eigenvalue weighted by Crippen LogP contribution is 2.41. The van der Waals surface area contributed by atoms with E-state index in [1.807, 2.05) is 12.1 Å². The summed E-state index contributed by atoms with van der Waals surface area (Å²) >= 11 is 7.29. The van der Waals surface area contributed by atoms with E-state index in [0.29, 0.717) is 37.8 Å². The van der Waals surface area contributed by atoms with Gasteiger partial charge in [0.15, 0.2) is 0 Å². The monoisotopic (exact) mass is 585 g/mol. The highest BCUT2D eigenvalue weighted by atomic mass is 35.5. The van der Waals surface area contributed by atoms with Gasteiger partial charge in [0.2, 0.25) is 0 Å². The van der Waals surface area contributed by atoms with Gasteiger partial charge in [-0.25, -0.2) is 13.6 Å². The lowest BCUT2D eigenvalue weighted by atomic mass is 9.85. The van der Waals surface area contributed by atoms with Crippen molar-refractivity contribution >= 4 is 45.0 Å². The summed E-state index contributed by atoms with van der Waals surface area (Å²) in [4.78, 5) is 30.7. The Labute approximate surface area is 238 Å². The average molecular weight is 586 g/mol. The van der Waals surface area contributed by atoms with E-state index in [4.69, 9.17) is 16.7 Å². The fraction of sp³-hybridized carbons (Fsp3) is 0.276. The topological polar surface area (TPSA) is 103 Å². The number of nitrogens with zero attached hydrogens (tertiary/aromatic N) is 2. The van der Waals surface area contributed by atoms with Crippen LogP contribution in [0.2, 0.25) is 5.02 Å². The number of phenolic OH excluding ortho intramolecular Hbond substituents is 1. The van der Waals surface area contributed by atoms with Gasteiger partial charge in [-0.2, -0.15) is 0 Å². The minimum atomic E-state index is -1.08. The molecule has 0 bridgehead atoms. The van der Waals surface area contributed by atoms with Crippen molar-refractivity contribution in [2.24, 2.45) is 5.92 Å². The first-order chi connectivity index (χ1) is 19.2. The maximum absolute atomic E-state index is 14.6. The molecule has 7 nitrogen and oxygen atoms in total. The third-order valence-electron chi connectivity index (χ3n) is 7.37. The van der Waals surface area contributed by atoms with Crippen molar-refractivity contribution in [1.82, 2.24) is 15.2 Å². The summed E-state index contributed by atoms with van der Waals surface area (Å²) in [5, 5.41) is 21.9. The Kier molecular flexibility index (Phi) is 8.18. The number of fused-ring (bicyclic) bond motifs is 1. The minimum Gasteiger partial charge on any atom is -0.508 e. The molecule has 40 heavy (non-hydrogen) atoms. The van der Waals surface area contributed by atoms with Crippen molar-refractivity contribution in [2.45, 2.75) is 38.3 Å². The van der Waals surface area contributed by atoms with Gasteiger partial charge in [0.25, 0.3) is 5.91 Å². The van der Waals surface area contributed by atoms with Crippen LogP contribution in [-0.4, -0.2) is 44.7 Å². The summed E-state index contributed by atoms with van der Waals surface area (Å²) in [7, 11) is 0. The third-order valence-corrected chi connectivity index (χ3v) is 9.05. The number of amides is 2. The second kappa shape index (κ2) is 11.8. The lowest BCUT2D eigenvalue weighted by Crippen LogP contribution is -2.43. The number of carbonyl (C=O) groups is 2. The molecule has 208 valence electrons. The Morgan fingerprint density at radius 3 is 2.40 bits per heavy atom. The first-order valence-corrected chi connectivity index (χ1v) is 14.0. The molecule has 1 fully saturated rings. The normalized spacial score (nSPS) is 17.1. The number of benzene rings is 2. The van der Waals surface area contributed by atoms with E-state index in [-0.39, 0.29) is 44.2 Å². The number of hydrogen-bond donors (Lipinski definition) is 3. The van der Waals surface area contributed by atoms with Crippen LogP contribution < -0.4 is 5.32 Å². The molecule has 0 unspecified atom stereocenters. The number of aromatic hydroxyl groups is 1. The zero-order valence-corrected chi connectivity index (χ0v) is 22.8. The molecule has 3 N–H and O–H groups in total. The molecule has 2 amide bonds. The van der Waals surface area contributed by atoms with Crippen LogP contribution in [0.1, 0.15) is 40.9 Å². The van der Waals surface area contributed by atoms with Crippen molar-refractivity contribution < 1.29 is 28.6 Å². The van der Waals surface area contributed by atoms with Gasteiger partial charge < -0.3 is 20.4 Å². The molecule has 2 heterocycles. The van der Waals surface area contributed by atoms with Gasteiger partial charge in [-0.05, 0) is 79.1 Å². The summed E-state index contributed by atoms with van der Waals surface area (Å²) < 4.78 is 29.1. The number of carbonyl (C=O) groups excluding carboxylic acids is 1. The number of thiophene rings is 1. The van der Waals surface area contributed by atoms with E-state index in [1.54, 1.807) is 35.5 Å². The zero-order valence-electron chi connectivity index (χ0n) is 21.2. The molecule has 5 rings (SSSR count). The van der Waals surface area contributed by atoms with E-state index in [0.717, 1.165) is 34.6 Å². The highest BCUT2D eigenvalue weighted by molar-refractivity contribution is 7.21. The van der Waals surface area contributed by atoms with Crippen molar-refractivity contribution in [3.8, 4) is 16.9 Å². The number of rotatable bonds is 7. The van der Waals surface area contributed by atoms with E-state index in [9.17, 15) is 23.5 Å². The summed E-state index contributed by atoms with van der Waals surface area (Å²) in [5.74, 6) is -1.72.